The summed E-state index contributed by atoms with van der Waals surface area (Å²) in [6, 6.07) is 2.63. The molecule has 0 unspecified atom stereocenters. The van der Waals surface area contributed by atoms with E-state index in [0.717, 1.165) is 0 Å². The molecule has 13 heavy (non-hydrogen) atoms. The molecular weight excluding hydrogens is 178 g/mol. The van der Waals surface area contributed by atoms with Crippen molar-refractivity contribution < 1.29 is 14.5 Å². The summed E-state index contributed by atoms with van der Waals surface area (Å²) in [7, 11) is 0. The Morgan fingerprint density at radius 2 is 2.38 bits per heavy atom. The smallest absolute Gasteiger partial charge is 0.401 e. The molecule has 1 aromatic rings. The summed E-state index contributed by atoms with van der Waals surface area (Å²) in [5, 5.41) is 10.3. The first kappa shape index (κ1) is 8.91. The first-order valence-corrected chi connectivity index (χ1v) is 3.18. The first-order valence-electron chi connectivity index (χ1n) is 3.18. The molecule has 1 rings (SSSR count). The van der Waals surface area contributed by atoms with E-state index >= 15 is 0 Å². The fourth-order valence-corrected chi connectivity index (χ4v) is 0.707. The van der Waals surface area contributed by atoms with E-state index in [-0.39, 0.29) is 5.75 Å². The van der Waals surface area contributed by atoms with Crippen LogP contribution in [-0.4, -0.2) is 16.0 Å². The number of hydrogen-bond acceptors (Lipinski definition) is 5. The molecule has 0 aliphatic carbocycles. The number of rotatable bonds is 2. The SMILES string of the molecule is NC(=O)Oc1cccnc1[N+](=O)[O-]. The van der Waals surface area contributed by atoms with Crippen LogP contribution in [-0.2, 0) is 0 Å². The van der Waals surface area contributed by atoms with Crippen LogP contribution in [0.3, 0.4) is 0 Å². The number of nitrogens with two attached hydrogens (primary N) is 1. The molecule has 0 radical (unpaired) electrons. The first-order chi connectivity index (χ1) is 6.11. The van der Waals surface area contributed by atoms with Crippen molar-refractivity contribution in [3.05, 3.63) is 28.4 Å². The highest BCUT2D eigenvalue weighted by atomic mass is 16.6. The van der Waals surface area contributed by atoms with Crippen molar-refractivity contribution in [1.82, 2.24) is 4.98 Å². The summed E-state index contributed by atoms with van der Waals surface area (Å²) < 4.78 is 4.34. The van der Waals surface area contributed by atoms with Crippen molar-refractivity contribution in [2.45, 2.75) is 0 Å². The van der Waals surface area contributed by atoms with E-state index in [9.17, 15) is 14.9 Å². The van der Waals surface area contributed by atoms with Gasteiger partial charge in [-0.2, -0.15) is 0 Å². The second kappa shape index (κ2) is 3.48. The van der Waals surface area contributed by atoms with Crippen molar-refractivity contribution in [3.63, 3.8) is 0 Å². The number of amides is 1. The van der Waals surface area contributed by atoms with Gasteiger partial charge >= 0.3 is 11.9 Å². The molecule has 1 heterocycles. The highest BCUT2D eigenvalue weighted by Gasteiger charge is 2.16. The van der Waals surface area contributed by atoms with E-state index in [4.69, 9.17) is 0 Å². The standard InChI is InChI=1S/C6H5N3O4/c7-6(10)13-4-2-1-3-8-5(4)9(11)12/h1-3H,(H2,7,10). The Hall–Kier alpha value is -2.18. The minimum Gasteiger partial charge on any atom is -0.401 e. The zero-order chi connectivity index (χ0) is 9.84. The molecule has 0 saturated heterocycles. The minimum atomic E-state index is -1.11. The third-order valence-corrected chi connectivity index (χ3v) is 1.13. The lowest BCUT2D eigenvalue weighted by Crippen LogP contribution is -2.17. The van der Waals surface area contributed by atoms with Crippen LogP contribution < -0.4 is 10.5 Å². The molecule has 1 amide bonds. The van der Waals surface area contributed by atoms with Gasteiger partial charge < -0.3 is 20.6 Å². The van der Waals surface area contributed by atoms with E-state index in [1.165, 1.54) is 18.3 Å². The van der Waals surface area contributed by atoms with E-state index in [1.807, 2.05) is 0 Å². The van der Waals surface area contributed by atoms with Crippen LogP contribution in [0.4, 0.5) is 10.6 Å². The molecule has 0 saturated carbocycles. The van der Waals surface area contributed by atoms with Crippen LogP contribution >= 0.6 is 0 Å². The zero-order valence-corrected chi connectivity index (χ0v) is 6.34. The summed E-state index contributed by atoms with van der Waals surface area (Å²) in [6.07, 6.45) is 0.0996. The molecule has 7 nitrogen and oxygen atoms in total. The average molecular weight is 183 g/mol. The fourth-order valence-electron chi connectivity index (χ4n) is 0.707. The number of nitrogens with zero attached hydrogens (tertiary/aromatic N) is 2. The highest BCUT2D eigenvalue weighted by molar-refractivity contribution is 5.69. The van der Waals surface area contributed by atoms with Gasteiger partial charge in [-0.15, -0.1) is 0 Å². The van der Waals surface area contributed by atoms with Gasteiger partial charge in [0.2, 0.25) is 5.75 Å². The van der Waals surface area contributed by atoms with Gasteiger partial charge in [0.25, 0.3) is 0 Å². The lowest BCUT2D eigenvalue weighted by Gasteiger charge is -1.99. The number of pyridine rings is 1. The molecule has 7 heteroatoms. The molecule has 0 aromatic carbocycles. The molecule has 1 aromatic heterocycles. The number of primary amides is 1. The normalized spacial score (nSPS) is 9.23. The van der Waals surface area contributed by atoms with Gasteiger partial charge in [0.1, 0.15) is 6.20 Å². The van der Waals surface area contributed by atoms with Gasteiger partial charge in [-0.1, -0.05) is 0 Å². The average Bonchev–Trinajstić information content (AvgIpc) is 2.03. The van der Waals surface area contributed by atoms with Gasteiger partial charge in [0.15, 0.2) is 0 Å². The number of carbonyl (C=O) groups excluding carboxylic acids is 1. The summed E-state index contributed by atoms with van der Waals surface area (Å²) in [4.78, 5) is 23.2. The largest absolute Gasteiger partial charge is 0.410 e. The number of ether oxygens (including phenoxy) is 1. The van der Waals surface area contributed by atoms with Crippen LogP contribution in [0.2, 0.25) is 0 Å². The maximum atomic E-state index is 10.3. The number of aromatic nitrogens is 1. The monoisotopic (exact) mass is 183 g/mol. The number of hydrogen-bond donors (Lipinski definition) is 1. The maximum absolute atomic E-state index is 10.3. The molecule has 0 aliphatic heterocycles. The van der Waals surface area contributed by atoms with Gasteiger partial charge in [0.05, 0.1) is 0 Å². The van der Waals surface area contributed by atoms with Crippen LogP contribution in [0.15, 0.2) is 18.3 Å². The lowest BCUT2D eigenvalue weighted by molar-refractivity contribution is -0.390. The van der Waals surface area contributed by atoms with Crippen molar-refractivity contribution in [1.29, 1.82) is 0 Å². The van der Waals surface area contributed by atoms with Crippen molar-refractivity contribution in [2.75, 3.05) is 0 Å². The van der Waals surface area contributed by atoms with Crippen LogP contribution in [0.5, 0.6) is 5.75 Å². The summed E-state index contributed by atoms with van der Waals surface area (Å²) >= 11 is 0. The Labute approximate surface area is 72.3 Å². The molecule has 0 bridgehead atoms. The zero-order valence-electron chi connectivity index (χ0n) is 6.34. The van der Waals surface area contributed by atoms with Gasteiger partial charge in [-0.25, -0.2) is 4.79 Å². The van der Waals surface area contributed by atoms with E-state index in [2.05, 4.69) is 15.5 Å². The van der Waals surface area contributed by atoms with Crippen LogP contribution in [0.1, 0.15) is 0 Å². The van der Waals surface area contributed by atoms with Gasteiger partial charge in [0, 0.05) is 0 Å². The Morgan fingerprint density at radius 3 is 2.92 bits per heavy atom. The topological polar surface area (TPSA) is 108 Å². The van der Waals surface area contributed by atoms with Crippen molar-refractivity contribution in [3.8, 4) is 5.75 Å². The van der Waals surface area contributed by atoms with E-state index in [0.29, 0.717) is 0 Å². The molecule has 0 fully saturated rings. The summed E-state index contributed by atoms with van der Waals surface area (Å²) in [5.74, 6) is -0.804. The van der Waals surface area contributed by atoms with Gasteiger partial charge in [-0.05, 0) is 22.0 Å². The molecule has 0 atom stereocenters. The van der Waals surface area contributed by atoms with Crippen molar-refractivity contribution in [2.24, 2.45) is 5.73 Å². The van der Waals surface area contributed by atoms with Crippen molar-refractivity contribution >= 4 is 11.9 Å². The Kier molecular flexibility index (Phi) is 2.38. The predicted octanol–water partition coefficient (Wildman–Crippen LogP) is 0.447. The molecule has 0 spiro atoms. The maximum Gasteiger partial charge on any atom is 0.410 e. The number of carbonyl (C=O) groups is 1. The quantitative estimate of drug-likeness (QED) is 0.528. The molecular formula is C6H5N3O4. The third-order valence-electron chi connectivity index (χ3n) is 1.13. The second-order valence-electron chi connectivity index (χ2n) is 2.00. The Morgan fingerprint density at radius 1 is 1.69 bits per heavy atom. The Bertz CT molecular complexity index is 351. The fraction of sp³-hybridized carbons (Fsp3) is 0. The van der Waals surface area contributed by atoms with Gasteiger partial charge in [-0.3, -0.25) is 0 Å². The molecule has 0 aliphatic rings. The van der Waals surface area contributed by atoms with Crippen LogP contribution in [0, 0.1) is 10.1 Å². The Balaban J connectivity index is 3.04. The van der Waals surface area contributed by atoms with E-state index < -0.39 is 16.8 Å². The van der Waals surface area contributed by atoms with E-state index in [1.54, 1.807) is 0 Å². The number of nitro groups is 1. The molecule has 68 valence electrons. The van der Waals surface area contributed by atoms with Crippen LogP contribution in [0.25, 0.3) is 0 Å². The summed E-state index contributed by atoms with van der Waals surface area (Å²) in [5.41, 5.74) is 4.68. The lowest BCUT2D eigenvalue weighted by atomic mass is 10.4. The minimum absolute atomic E-state index is 0.264. The second-order valence-corrected chi connectivity index (χ2v) is 2.00. The molecule has 2 N–H and O–H groups in total. The summed E-state index contributed by atoms with van der Waals surface area (Å²) in [6.45, 7) is 0. The third kappa shape index (κ3) is 2.12. The predicted molar refractivity (Wildman–Crippen MR) is 41.1 cm³/mol. The highest BCUT2D eigenvalue weighted by Crippen LogP contribution is 2.22.